The van der Waals surface area contributed by atoms with Crippen LogP contribution in [-0.4, -0.2) is 27.8 Å². The average Bonchev–Trinajstić information content (AvgIpc) is 3.28. The molecule has 3 aromatic rings. The zero-order valence-electron chi connectivity index (χ0n) is 16.2. The highest BCUT2D eigenvalue weighted by atomic mass is 32.1. The fraction of sp³-hybridized carbons (Fsp3) is 0.316. The number of guanidine groups is 1. The first-order chi connectivity index (χ1) is 13.8. The van der Waals surface area contributed by atoms with Crippen LogP contribution < -0.4 is 10.6 Å². The number of para-hydroxylation sites is 1. The van der Waals surface area contributed by atoms with Gasteiger partial charge in [-0.2, -0.15) is 18.3 Å². The number of alkyl halides is 3. The number of aliphatic imine (C=N–C) groups is 1. The number of aryl methyl sites for hydroxylation is 1. The third-order valence-electron chi connectivity index (χ3n) is 4.35. The van der Waals surface area contributed by atoms with E-state index in [0.717, 1.165) is 39.4 Å². The summed E-state index contributed by atoms with van der Waals surface area (Å²) in [5.41, 5.74) is 3.04. The molecule has 0 amide bonds. The molecule has 2 heterocycles. The Morgan fingerprint density at radius 3 is 2.45 bits per heavy atom. The van der Waals surface area contributed by atoms with E-state index in [2.05, 4.69) is 25.7 Å². The monoisotopic (exact) mass is 422 g/mol. The Hall–Kier alpha value is -2.88. The van der Waals surface area contributed by atoms with E-state index in [-0.39, 0.29) is 6.54 Å². The molecule has 0 bridgehead atoms. The average molecular weight is 422 g/mol. The van der Waals surface area contributed by atoms with Gasteiger partial charge >= 0.3 is 6.18 Å². The van der Waals surface area contributed by atoms with Crippen molar-refractivity contribution in [1.82, 2.24) is 25.4 Å². The van der Waals surface area contributed by atoms with Crippen LogP contribution in [0.1, 0.15) is 27.7 Å². The largest absolute Gasteiger partial charge is 0.434 e. The van der Waals surface area contributed by atoms with Gasteiger partial charge in [-0.3, -0.25) is 4.99 Å². The molecule has 0 spiro atoms. The molecule has 0 radical (unpaired) electrons. The summed E-state index contributed by atoms with van der Waals surface area (Å²) in [5, 5.41) is 12.1. The first-order valence-electron chi connectivity index (χ1n) is 8.86. The maximum atomic E-state index is 12.7. The zero-order valence-corrected chi connectivity index (χ0v) is 17.0. The van der Waals surface area contributed by atoms with Crippen LogP contribution in [0.15, 0.2) is 40.7 Å². The summed E-state index contributed by atoms with van der Waals surface area (Å²) in [7, 11) is 1.60. The summed E-state index contributed by atoms with van der Waals surface area (Å²) in [5.74, 6) is 0.472. The number of halogens is 3. The van der Waals surface area contributed by atoms with Crippen molar-refractivity contribution in [3.05, 3.63) is 63.4 Å². The van der Waals surface area contributed by atoms with Gasteiger partial charge in [0.15, 0.2) is 11.7 Å². The van der Waals surface area contributed by atoms with E-state index in [0.29, 0.717) is 17.5 Å². The molecule has 1 aromatic carbocycles. The number of thiazole rings is 1. The fourth-order valence-corrected chi connectivity index (χ4v) is 3.57. The van der Waals surface area contributed by atoms with Crippen LogP contribution in [-0.2, 0) is 19.3 Å². The molecule has 29 heavy (non-hydrogen) atoms. The molecule has 2 N–H and O–H groups in total. The van der Waals surface area contributed by atoms with Crippen molar-refractivity contribution < 1.29 is 13.2 Å². The number of benzene rings is 1. The smallest absolute Gasteiger partial charge is 0.352 e. The van der Waals surface area contributed by atoms with Gasteiger partial charge in [-0.1, -0.05) is 18.2 Å². The van der Waals surface area contributed by atoms with E-state index in [1.54, 1.807) is 7.05 Å². The molecule has 3 rings (SSSR count). The van der Waals surface area contributed by atoms with Gasteiger partial charge < -0.3 is 10.6 Å². The first kappa shape index (κ1) is 20.8. The highest BCUT2D eigenvalue weighted by Crippen LogP contribution is 2.29. The molecule has 0 saturated carbocycles. The number of nitrogens with zero attached hydrogens (tertiary/aromatic N) is 4. The van der Waals surface area contributed by atoms with Crippen LogP contribution in [0, 0.1) is 13.8 Å². The lowest BCUT2D eigenvalue weighted by molar-refractivity contribution is -0.140. The van der Waals surface area contributed by atoms with Gasteiger partial charge in [-0.25, -0.2) is 9.67 Å². The summed E-state index contributed by atoms with van der Waals surface area (Å²) in [6.45, 7) is 4.57. The molecule has 154 valence electrons. The molecule has 6 nitrogen and oxygen atoms in total. The topological polar surface area (TPSA) is 67.1 Å². The van der Waals surface area contributed by atoms with Gasteiger partial charge in [-0.05, 0) is 26.0 Å². The fourth-order valence-electron chi connectivity index (χ4n) is 2.83. The Balaban J connectivity index is 1.63. The molecule has 0 aliphatic rings. The number of hydrogen-bond acceptors (Lipinski definition) is 4. The second-order valence-electron chi connectivity index (χ2n) is 6.30. The highest BCUT2D eigenvalue weighted by molar-refractivity contribution is 7.09. The molecule has 10 heteroatoms. The molecule has 0 unspecified atom stereocenters. The lowest BCUT2D eigenvalue weighted by Gasteiger charge is -2.11. The minimum atomic E-state index is -4.43. The first-order valence-corrected chi connectivity index (χ1v) is 9.74. The van der Waals surface area contributed by atoms with Gasteiger partial charge in [0.2, 0.25) is 0 Å². The van der Waals surface area contributed by atoms with Crippen LogP contribution in [0.25, 0.3) is 5.69 Å². The standard InChI is InChI=1S/C19H21F3N6S/c1-12-15(13(2)28(27-12)14-7-5-4-6-8-14)9-24-18(23-3)25-10-17-26-16(11-29-17)19(20,21)22/h4-8,11H,9-10H2,1-3H3,(H2,23,24,25). The third-order valence-corrected chi connectivity index (χ3v) is 5.20. The Morgan fingerprint density at radius 2 is 1.83 bits per heavy atom. The van der Waals surface area contributed by atoms with Gasteiger partial charge in [0.05, 0.1) is 17.9 Å². The second-order valence-corrected chi connectivity index (χ2v) is 7.24. The number of nitrogens with one attached hydrogen (secondary N) is 2. The Morgan fingerprint density at radius 1 is 1.14 bits per heavy atom. The van der Waals surface area contributed by atoms with Crippen molar-refractivity contribution >= 4 is 17.3 Å². The number of aromatic nitrogens is 3. The van der Waals surface area contributed by atoms with E-state index in [1.165, 1.54) is 0 Å². The van der Waals surface area contributed by atoms with Crippen molar-refractivity contribution in [2.75, 3.05) is 7.05 Å². The van der Waals surface area contributed by atoms with Gasteiger partial charge in [0, 0.05) is 30.2 Å². The summed E-state index contributed by atoms with van der Waals surface area (Å²) >= 11 is 0.959. The predicted molar refractivity (Wildman–Crippen MR) is 107 cm³/mol. The SMILES string of the molecule is CN=C(NCc1nc(C(F)(F)F)cs1)NCc1c(C)nn(-c2ccccc2)c1C. The molecule has 0 saturated heterocycles. The minimum absolute atomic E-state index is 0.154. The van der Waals surface area contributed by atoms with Crippen molar-refractivity contribution in [2.24, 2.45) is 4.99 Å². The Kier molecular flexibility index (Phi) is 6.21. The number of hydrogen-bond donors (Lipinski definition) is 2. The summed E-state index contributed by atoms with van der Waals surface area (Å²) < 4.78 is 39.9. The molecule has 0 aliphatic carbocycles. The van der Waals surface area contributed by atoms with Crippen LogP contribution in [0.5, 0.6) is 0 Å². The van der Waals surface area contributed by atoms with Crippen molar-refractivity contribution in [3.8, 4) is 5.69 Å². The Labute approximate surface area is 170 Å². The summed E-state index contributed by atoms with van der Waals surface area (Å²) in [6, 6.07) is 9.84. The number of rotatable bonds is 5. The van der Waals surface area contributed by atoms with Crippen molar-refractivity contribution in [1.29, 1.82) is 0 Å². The van der Waals surface area contributed by atoms with E-state index < -0.39 is 11.9 Å². The molecule has 0 atom stereocenters. The normalized spacial score (nSPS) is 12.3. The molecule has 0 fully saturated rings. The molecular formula is C19H21F3N6S. The van der Waals surface area contributed by atoms with Gasteiger partial charge in [-0.15, -0.1) is 11.3 Å². The molecular weight excluding hydrogens is 401 g/mol. The quantitative estimate of drug-likeness (QED) is 0.485. The van der Waals surface area contributed by atoms with Crippen molar-refractivity contribution in [2.45, 2.75) is 33.1 Å². The zero-order chi connectivity index (χ0) is 21.0. The summed E-state index contributed by atoms with van der Waals surface area (Å²) in [6.07, 6.45) is -4.43. The molecule has 2 aromatic heterocycles. The van der Waals surface area contributed by atoms with E-state index in [4.69, 9.17) is 0 Å². The second kappa shape index (κ2) is 8.64. The van der Waals surface area contributed by atoms with Crippen LogP contribution in [0.4, 0.5) is 13.2 Å². The van der Waals surface area contributed by atoms with E-state index in [1.807, 2.05) is 48.9 Å². The Bertz CT molecular complexity index is 991. The predicted octanol–water partition coefficient (Wildman–Crippen LogP) is 3.83. The minimum Gasteiger partial charge on any atom is -0.352 e. The van der Waals surface area contributed by atoms with Gasteiger partial charge in [0.1, 0.15) is 5.01 Å². The van der Waals surface area contributed by atoms with Crippen LogP contribution in [0.2, 0.25) is 0 Å². The van der Waals surface area contributed by atoms with E-state index >= 15 is 0 Å². The third kappa shape index (κ3) is 4.94. The lowest BCUT2D eigenvalue weighted by atomic mass is 10.2. The molecule has 0 aliphatic heterocycles. The van der Waals surface area contributed by atoms with Crippen LogP contribution >= 0.6 is 11.3 Å². The van der Waals surface area contributed by atoms with Gasteiger partial charge in [0.25, 0.3) is 0 Å². The maximum absolute atomic E-state index is 12.7. The highest BCUT2D eigenvalue weighted by Gasteiger charge is 2.33. The van der Waals surface area contributed by atoms with Crippen LogP contribution in [0.3, 0.4) is 0 Å². The maximum Gasteiger partial charge on any atom is 0.434 e. The van der Waals surface area contributed by atoms with E-state index in [9.17, 15) is 13.2 Å². The lowest BCUT2D eigenvalue weighted by Crippen LogP contribution is -2.36. The summed E-state index contributed by atoms with van der Waals surface area (Å²) in [4.78, 5) is 7.73. The van der Waals surface area contributed by atoms with Crippen molar-refractivity contribution in [3.63, 3.8) is 0 Å².